The van der Waals surface area contributed by atoms with Crippen molar-refractivity contribution in [2.75, 3.05) is 13.1 Å². The molecule has 1 amide bonds. The van der Waals surface area contributed by atoms with Gasteiger partial charge in [-0.1, -0.05) is 0 Å². The first kappa shape index (κ1) is 15.5. The fraction of sp³-hybridized carbons (Fsp3) is 0.235. The first-order chi connectivity index (χ1) is 12.1. The van der Waals surface area contributed by atoms with Crippen molar-refractivity contribution in [3.8, 4) is 5.75 Å². The molecule has 0 N–H and O–H groups in total. The summed E-state index contributed by atoms with van der Waals surface area (Å²) in [7, 11) is 0. The van der Waals surface area contributed by atoms with E-state index in [0.29, 0.717) is 30.6 Å². The lowest BCUT2D eigenvalue weighted by molar-refractivity contribution is 0.0774. The number of carbonyl (C=O) groups is 1. The molecule has 2 aromatic heterocycles. The Labute approximate surface area is 141 Å². The highest BCUT2D eigenvalue weighted by Crippen LogP contribution is 2.22. The molecule has 1 saturated heterocycles. The van der Waals surface area contributed by atoms with Crippen molar-refractivity contribution in [1.82, 2.24) is 19.7 Å². The van der Waals surface area contributed by atoms with Gasteiger partial charge in [0.05, 0.1) is 18.3 Å². The number of rotatable bonds is 3. The lowest BCUT2D eigenvalue weighted by atomic mass is 10.2. The SMILES string of the molecule is O=C(c1cnn2ncccc12)N1CCC(Oc2cc(F)cc(F)c2)C1. The van der Waals surface area contributed by atoms with Crippen molar-refractivity contribution in [2.24, 2.45) is 0 Å². The third kappa shape index (κ3) is 3.02. The van der Waals surface area contributed by atoms with Crippen LogP contribution in [0, 0.1) is 11.6 Å². The summed E-state index contributed by atoms with van der Waals surface area (Å²) >= 11 is 0. The van der Waals surface area contributed by atoms with E-state index >= 15 is 0 Å². The number of likely N-dealkylation sites (tertiary alicyclic amines) is 1. The number of carbonyl (C=O) groups excluding carboxylic acids is 1. The quantitative estimate of drug-likeness (QED) is 0.732. The summed E-state index contributed by atoms with van der Waals surface area (Å²) in [5.41, 5.74) is 1.09. The smallest absolute Gasteiger partial charge is 0.257 e. The topological polar surface area (TPSA) is 59.7 Å². The molecule has 3 aromatic rings. The van der Waals surface area contributed by atoms with Gasteiger partial charge in [-0.2, -0.15) is 14.8 Å². The molecule has 0 radical (unpaired) electrons. The van der Waals surface area contributed by atoms with Crippen LogP contribution < -0.4 is 4.74 Å². The van der Waals surface area contributed by atoms with E-state index in [2.05, 4.69) is 10.2 Å². The molecule has 1 unspecified atom stereocenters. The van der Waals surface area contributed by atoms with Gasteiger partial charge in [0.1, 0.15) is 29.0 Å². The highest BCUT2D eigenvalue weighted by Gasteiger charge is 2.30. The Bertz CT molecular complexity index is 923. The molecule has 0 aliphatic carbocycles. The van der Waals surface area contributed by atoms with E-state index in [-0.39, 0.29) is 17.8 Å². The normalized spacial score (nSPS) is 17.2. The van der Waals surface area contributed by atoms with E-state index in [1.165, 1.54) is 10.8 Å². The largest absolute Gasteiger partial charge is 0.488 e. The molecule has 1 aromatic carbocycles. The van der Waals surface area contributed by atoms with Crippen molar-refractivity contribution in [3.63, 3.8) is 0 Å². The number of fused-ring (bicyclic) bond motifs is 1. The molecule has 1 aliphatic rings. The molecule has 8 heteroatoms. The zero-order valence-electron chi connectivity index (χ0n) is 13.1. The first-order valence-corrected chi connectivity index (χ1v) is 7.81. The maximum atomic E-state index is 13.2. The minimum absolute atomic E-state index is 0.122. The average molecular weight is 344 g/mol. The van der Waals surface area contributed by atoms with E-state index < -0.39 is 11.6 Å². The van der Waals surface area contributed by atoms with Crippen LogP contribution in [0.15, 0.2) is 42.7 Å². The maximum absolute atomic E-state index is 13.2. The van der Waals surface area contributed by atoms with Gasteiger partial charge >= 0.3 is 0 Å². The molecular weight excluding hydrogens is 330 g/mol. The number of hydrogen-bond acceptors (Lipinski definition) is 4. The van der Waals surface area contributed by atoms with E-state index in [4.69, 9.17) is 4.74 Å². The van der Waals surface area contributed by atoms with E-state index in [1.807, 2.05) is 0 Å². The summed E-state index contributed by atoms with van der Waals surface area (Å²) in [5.74, 6) is -1.43. The Morgan fingerprint density at radius 1 is 1.20 bits per heavy atom. The van der Waals surface area contributed by atoms with Crippen molar-refractivity contribution in [3.05, 3.63) is 59.9 Å². The maximum Gasteiger partial charge on any atom is 0.257 e. The molecule has 3 heterocycles. The monoisotopic (exact) mass is 344 g/mol. The number of aromatic nitrogens is 3. The summed E-state index contributed by atoms with van der Waals surface area (Å²) < 4.78 is 33.5. The zero-order chi connectivity index (χ0) is 17.4. The van der Waals surface area contributed by atoms with Crippen LogP contribution in [0.2, 0.25) is 0 Å². The lowest BCUT2D eigenvalue weighted by Gasteiger charge is -2.17. The molecule has 0 bridgehead atoms. The van der Waals surface area contributed by atoms with Crippen molar-refractivity contribution >= 4 is 11.4 Å². The van der Waals surface area contributed by atoms with Gasteiger partial charge in [-0.25, -0.2) is 8.78 Å². The third-order valence-corrected chi connectivity index (χ3v) is 4.11. The zero-order valence-corrected chi connectivity index (χ0v) is 13.1. The molecular formula is C17H14F2N4O2. The third-order valence-electron chi connectivity index (χ3n) is 4.11. The Hall–Kier alpha value is -3.03. The Kier molecular flexibility index (Phi) is 3.79. The summed E-state index contributed by atoms with van der Waals surface area (Å²) in [4.78, 5) is 14.3. The highest BCUT2D eigenvalue weighted by molar-refractivity contribution is 6.00. The number of nitrogens with zero attached hydrogens (tertiary/aromatic N) is 4. The van der Waals surface area contributed by atoms with Crippen LogP contribution in [0.1, 0.15) is 16.8 Å². The minimum atomic E-state index is -0.695. The molecule has 128 valence electrons. The van der Waals surface area contributed by atoms with Gasteiger partial charge < -0.3 is 9.64 Å². The Morgan fingerprint density at radius 2 is 2.00 bits per heavy atom. The molecule has 0 saturated carbocycles. The molecule has 25 heavy (non-hydrogen) atoms. The highest BCUT2D eigenvalue weighted by atomic mass is 19.1. The van der Waals surface area contributed by atoms with Gasteiger partial charge in [0.2, 0.25) is 0 Å². The Morgan fingerprint density at radius 3 is 2.80 bits per heavy atom. The summed E-state index contributed by atoms with van der Waals surface area (Å²) in [6, 6.07) is 6.56. The van der Waals surface area contributed by atoms with Crippen LogP contribution in [-0.4, -0.2) is 44.8 Å². The fourth-order valence-electron chi connectivity index (χ4n) is 2.97. The summed E-state index contributed by atoms with van der Waals surface area (Å²) in [6.07, 6.45) is 3.35. The van der Waals surface area contributed by atoms with Crippen LogP contribution in [0.3, 0.4) is 0 Å². The van der Waals surface area contributed by atoms with Crippen LogP contribution in [0.4, 0.5) is 8.78 Å². The minimum Gasteiger partial charge on any atom is -0.488 e. The number of ether oxygens (including phenoxy) is 1. The molecule has 4 rings (SSSR count). The fourth-order valence-corrected chi connectivity index (χ4v) is 2.97. The average Bonchev–Trinajstić information content (AvgIpc) is 3.20. The van der Waals surface area contributed by atoms with Gasteiger partial charge in [0.25, 0.3) is 5.91 Å². The number of halogens is 2. The lowest BCUT2D eigenvalue weighted by Crippen LogP contribution is -2.30. The Balaban J connectivity index is 1.47. The predicted octanol–water partition coefficient (Wildman–Crippen LogP) is 2.30. The van der Waals surface area contributed by atoms with Crippen LogP contribution >= 0.6 is 0 Å². The summed E-state index contributed by atoms with van der Waals surface area (Å²) in [5, 5.41) is 8.10. The van der Waals surface area contributed by atoms with Crippen molar-refractivity contribution < 1.29 is 18.3 Å². The molecule has 0 spiro atoms. The van der Waals surface area contributed by atoms with E-state index in [0.717, 1.165) is 18.2 Å². The van der Waals surface area contributed by atoms with Crippen molar-refractivity contribution in [2.45, 2.75) is 12.5 Å². The van der Waals surface area contributed by atoms with Gasteiger partial charge in [0, 0.05) is 37.4 Å². The first-order valence-electron chi connectivity index (χ1n) is 7.81. The molecule has 1 fully saturated rings. The van der Waals surface area contributed by atoms with Crippen molar-refractivity contribution in [1.29, 1.82) is 0 Å². The molecule has 1 aliphatic heterocycles. The van der Waals surface area contributed by atoms with Crippen LogP contribution in [-0.2, 0) is 0 Å². The standard InChI is InChI=1S/C17H14F2N4O2/c18-11-6-12(19)8-14(7-11)25-13-3-5-22(10-13)17(24)15-9-21-23-16(15)2-1-4-20-23/h1-2,4,6-9,13H,3,5,10H2. The number of amides is 1. The molecule has 6 nitrogen and oxygen atoms in total. The predicted molar refractivity (Wildman–Crippen MR) is 84.3 cm³/mol. The van der Waals surface area contributed by atoms with Gasteiger partial charge in [-0.15, -0.1) is 0 Å². The van der Waals surface area contributed by atoms with Gasteiger partial charge in [-0.3, -0.25) is 4.79 Å². The van der Waals surface area contributed by atoms with Gasteiger partial charge in [-0.05, 0) is 12.1 Å². The van der Waals surface area contributed by atoms with E-state index in [9.17, 15) is 13.6 Å². The van der Waals surface area contributed by atoms with E-state index in [1.54, 1.807) is 23.2 Å². The van der Waals surface area contributed by atoms with Gasteiger partial charge in [0.15, 0.2) is 0 Å². The number of benzene rings is 1. The molecule has 1 atom stereocenters. The summed E-state index contributed by atoms with van der Waals surface area (Å²) in [6.45, 7) is 0.841. The van der Waals surface area contributed by atoms with Crippen LogP contribution in [0.5, 0.6) is 5.75 Å². The second kappa shape index (κ2) is 6.12. The van der Waals surface area contributed by atoms with Crippen LogP contribution in [0.25, 0.3) is 5.52 Å². The number of hydrogen-bond donors (Lipinski definition) is 0. The second-order valence-corrected chi connectivity index (χ2v) is 5.84. The second-order valence-electron chi connectivity index (χ2n) is 5.84.